The Bertz CT molecular complexity index is 751. The summed E-state index contributed by atoms with van der Waals surface area (Å²) in [5.41, 5.74) is 0. The summed E-state index contributed by atoms with van der Waals surface area (Å²) in [5.74, 6) is 0.781. The van der Waals surface area contributed by atoms with Crippen molar-refractivity contribution in [2.24, 2.45) is 4.99 Å². The van der Waals surface area contributed by atoms with E-state index in [0.717, 1.165) is 50.0 Å². The third-order valence-corrected chi connectivity index (χ3v) is 6.51. The summed E-state index contributed by atoms with van der Waals surface area (Å²) in [6.07, 6.45) is 1.77. The van der Waals surface area contributed by atoms with Crippen molar-refractivity contribution in [3.8, 4) is 0 Å². The third kappa shape index (κ3) is 7.96. The highest BCUT2D eigenvalue weighted by atomic mass is 127. The highest BCUT2D eigenvalue weighted by molar-refractivity contribution is 14.0. The van der Waals surface area contributed by atoms with E-state index in [1.54, 1.807) is 11.3 Å². The van der Waals surface area contributed by atoms with E-state index in [2.05, 4.69) is 57.6 Å². The number of benzene rings is 1. The van der Waals surface area contributed by atoms with Crippen LogP contribution in [0.3, 0.4) is 0 Å². The molecule has 1 aliphatic heterocycles. The molecule has 6 nitrogen and oxygen atoms in total. The zero-order valence-electron chi connectivity index (χ0n) is 18.1. The number of guanidine groups is 1. The van der Waals surface area contributed by atoms with Gasteiger partial charge >= 0.3 is 0 Å². The van der Waals surface area contributed by atoms with Gasteiger partial charge in [0.15, 0.2) is 5.96 Å². The predicted molar refractivity (Wildman–Crippen MR) is 139 cm³/mol. The summed E-state index contributed by atoms with van der Waals surface area (Å²) in [7, 11) is 2.21. The summed E-state index contributed by atoms with van der Waals surface area (Å²) < 4.78 is 1.20. The lowest BCUT2D eigenvalue weighted by Crippen LogP contribution is -2.39. The number of fused-ring (bicyclic) bond motifs is 1. The summed E-state index contributed by atoms with van der Waals surface area (Å²) >= 11 is 1.64. The fourth-order valence-corrected chi connectivity index (χ4v) is 4.65. The predicted octanol–water partition coefficient (Wildman–Crippen LogP) is 3.14. The Morgan fingerprint density at radius 1 is 1.20 bits per heavy atom. The number of hydrogen-bond donors (Lipinski definition) is 3. The first-order chi connectivity index (χ1) is 14.2. The van der Waals surface area contributed by atoms with Gasteiger partial charge in [-0.25, -0.2) is 0 Å². The normalized spacial score (nSPS) is 17.4. The molecule has 1 saturated heterocycles. The number of aliphatic imine (C=N–C) groups is 1. The van der Waals surface area contributed by atoms with E-state index in [0.29, 0.717) is 6.54 Å². The molecule has 0 aliphatic carbocycles. The standard InChI is InChI=1S/C22H35N5OS.HI/c1-3-23-22(24-10-6-12-27-13-7-11-26(2)14-15-27)25-17-19(28)21-16-18-8-4-5-9-20(18)29-21;/h4-5,8-9,16,19,28H,3,6-7,10-15,17H2,1-2H3,(H2,23,24,25);1H. The summed E-state index contributed by atoms with van der Waals surface area (Å²) in [4.78, 5) is 10.5. The third-order valence-electron chi connectivity index (χ3n) is 5.30. The van der Waals surface area contributed by atoms with Gasteiger partial charge in [0.05, 0.1) is 6.54 Å². The minimum absolute atomic E-state index is 0. The second kappa shape index (κ2) is 13.5. The van der Waals surface area contributed by atoms with E-state index in [4.69, 9.17) is 0 Å². The zero-order valence-corrected chi connectivity index (χ0v) is 21.3. The minimum atomic E-state index is -0.572. The fraction of sp³-hybridized carbons (Fsp3) is 0.591. The number of nitrogens with zero attached hydrogens (tertiary/aromatic N) is 3. The van der Waals surface area contributed by atoms with Gasteiger partial charge in [0.25, 0.3) is 0 Å². The van der Waals surface area contributed by atoms with Crippen LogP contribution in [0.4, 0.5) is 0 Å². The summed E-state index contributed by atoms with van der Waals surface area (Å²) in [6, 6.07) is 10.3. The van der Waals surface area contributed by atoms with Crippen molar-refractivity contribution in [2.45, 2.75) is 25.9 Å². The number of likely N-dealkylation sites (N-methyl/N-ethyl adjacent to an activating group) is 1. The number of rotatable bonds is 8. The Morgan fingerprint density at radius 3 is 2.83 bits per heavy atom. The summed E-state index contributed by atoms with van der Waals surface area (Å²) in [6.45, 7) is 9.95. The van der Waals surface area contributed by atoms with Crippen LogP contribution in [0.5, 0.6) is 0 Å². The molecule has 0 bridgehead atoms. The van der Waals surface area contributed by atoms with Gasteiger partial charge in [-0.2, -0.15) is 0 Å². The van der Waals surface area contributed by atoms with Gasteiger partial charge in [-0.1, -0.05) is 18.2 Å². The zero-order chi connectivity index (χ0) is 20.5. The number of nitrogens with one attached hydrogen (secondary N) is 2. The molecule has 1 aliphatic rings. The van der Waals surface area contributed by atoms with Gasteiger partial charge < -0.3 is 25.5 Å². The van der Waals surface area contributed by atoms with Crippen LogP contribution in [0.15, 0.2) is 35.3 Å². The molecule has 1 fully saturated rings. The van der Waals surface area contributed by atoms with Crippen molar-refractivity contribution < 1.29 is 5.11 Å². The molecule has 1 aromatic heterocycles. The SMILES string of the molecule is CCNC(=NCC(O)c1cc2ccccc2s1)NCCCN1CCCN(C)CC1.I. The molecule has 0 saturated carbocycles. The molecule has 2 aromatic rings. The van der Waals surface area contributed by atoms with Crippen LogP contribution in [0, 0.1) is 0 Å². The fourth-order valence-electron chi connectivity index (χ4n) is 3.61. The highest BCUT2D eigenvalue weighted by Crippen LogP contribution is 2.29. The Hall–Kier alpha value is -0.940. The van der Waals surface area contributed by atoms with Gasteiger partial charge in [0.1, 0.15) is 6.10 Å². The molecular formula is C22H36IN5OS. The number of hydrogen-bond acceptors (Lipinski definition) is 5. The molecular weight excluding hydrogens is 509 g/mol. The maximum Gasteiger partial charge on any atom is 0.191 e. The molecule has 2 heterocycles. The van der Waals surface area contributed by atoms with Crippen LogP contribution in [0.1, 0.15) is 30.7 Å². The number of thiophene rings is 1. The molecule has 3 rings (SSSR count). The van der Waals surface area contributed by atoms with Crippen molar-refractivity contribution in [1.82, 2.24) is 20.4 Å². The molecule has 168 valence electrons. The number of halogens is 1. The molecule has 1 atom stereocenters. The maximum atomic E-state index is 10.6. The lowest BCUT2D eigenvalue weighted by molar-refractivity contribution is 0.191. The van der Waals surface area contributed by atoms with Crippen LogP contribution < -0.4 is 10.6 Å². The molecule has 0 amide bonds. The van der Waals surface area contributed by atoms with E-state index < -0.39 is 6.10 Å². The molecule has 8 heteroatoms. The van der Waals surface area contributed by atoms with Crippen molar-refractivity contribution in [3.63, 3.8) is 0 Å². The number of aliphatic hydroxyl groups excluding tert-OH is 1. The lowest BCUT2D eigenvalue weighted by Gasteiger charge is -2.20. The van der Waals surface area contributed by atoms with Crippen LogP contribution in [0.25, 0.3) is 10.1 Å². The summed E-state index contributed by atoms with van der Waals surface area (Å²) in [5, 5.41) is 18.4. The molecule has 1 aromatic carbocycles. The van der Waals surface area contributed by atoms with Crippen LogP contribution in [-0.4, -0.2) is 80.3 Å². The molecule has 0 radical (unpaired) electrons. The monoisotopic (exact) mass is 545 g/mol. The highest BCUT2D eigenvalue weighted by Gasteiger charge is 2.13. The Labute approximate surface area is 201 Å². The van der Waals surface area contributed by atoms with E-state index in [9.17, 15) is 5.11 Å². The first-order valence-electron chi connectivity index (χ1n) is 10.8. The van der Waals surface area contributed by atoms with Gasteiger partial charge in [0.2, 0.25) is 0 Å². The Balaban J connectivity index is 0.00000320. The lowest BCUT2D eigenvalue weighted by atomic mass is 10.2. The van der Waals surface area contributed by atoms with Gasteiger partial charge in [-0.15, -0.1) is 35.3 Å². The molecule has 0 spiro atoms. The van der Waals surface area contributed by atoms with Crippen molar-refractivity contribution in [1.29, 1.82) is 0 Å². The Morgan fingerprint density at radius 2 is 2.03 bits per heavy atom. The van der Waals surface area contributed by atoms with E-state index in [-0.39, 0.29) is 24.0 Å². The smallest absolute Gasteiger partial charge is 0.191 e. The maximum absolute atomic E-state index is 10.6. The topological polar surface area (TPSA) is 63.1 Å². The average Bonchev–Trinajstić information content (AvgIpc) is 3.06. The van der Waals surface area contributed by atoms with Crippen LogP contribution >= 0.6 is 35.3 Å². The van der Waals surface area contributed by atoms with Gasteiger partial charge in [0, 0.05) is 35.8 Å². The van der Waals surface area contributed by atoms with Crippen LogP contribution in [-0.2, 0) is 0 Å². The molecule has 3 N–H and O–H groups in total. The second-order valence-corrected chi connectivity index (χ2v) is 8.82. The van der Waals surface area contributed by atoms with Crippen molar-refractivity contribution >= 4 is 51.4 Å². The van der Waals surface area contributed by atoms with Gasteiger partial charge in [-0.3, -0.25) is 4.99 Å². The first kappa shape index (κ1) is 25.3. The molecule has 1 unspecified atom stereocenters. The van der Waals surface area contributed by atoms with E-state index in [1.807, 2.05) is 12.1 Å². The molecule has 30 heavy (non-hydrogen) atoms. The quantitative estimate of drug-likeness (QED) is 0.206. The average molecular weight is 546 g/mol. The number of aliphatic hydroxyl groups is 1. The second-order valence-electron chi connectivity index (χ2n) is 7.70. The van der Waals surface area contributed by atoms with E-state index in [1.165, 1.54) is 29.6 Å². The van der Waals surface area contributed by atoms with Crippen molar-refractivity contribution in [3.05, 3.63) is 35.2 Å². The van der Waals surface area contributed by atoms with E-state index >= 15 is 0 Å². The van der Waals surface area contributed by atoms with Crippen LogP contribution in [0.2, 0.25) is 0 Å². The first-order valence-corrected chi connectivity index (χ1v) is 11.6. The van der Waals surface area contributed by atoms with Gasteiger partial charge in [-0.05, 0) is 64.0 Å². The Kier molecular flexibility index (Phi) is 11.4. The minimum Gasteiger partial charge on any atom is -0.386 e. The van der Waals surface area contributed by atoms with Crippen molar-refractivity contribution in [2.75, 3.05) is 59.4 Å². The largest absolute Gasteiger partial charge is 0.386 e.